The maximum absolute atomic E-state index is 13.5. The zero-order valence-corrected chi connectivity index (χ0v) is 27.9. The van der Waals surface area contributed by atoms with E-state index in [-0.39, 0.29) is 37.4 Å². The topological polar surface area (TPSA) is 149 Å². The number of para-hydroxylation sites is 1. The van der Waals surface area contributed by atoms with E-state index in [1.807, 2.05) is 62.4 Å². The summed E-state index contributed by atoms with van der Waals surface area (Å²) in [4.78, 5) is 27.8. The van der Waals surface area contributed by atoms with Crippen LogP contribution in [0.15, 0.2) is 48.5 Å². The van der Waals surface area contributed by atoms with Crippen molar-refractivity contribution < 1.29 is 27.7 Å². The number of phosphoric acid groups is 1. The van der Waals surface area contributed by atoms with Gasteiger partial charge in [0.15, 0.2) is 0 Å². The largest absolute Gasteiger partial charge is 0.474 e. The molecule has 0 spiro atoms. The van der Waals surface area contributed by atoms with Gasteiger partial charge >= 0.3 is 7.82 Å². The van der Waals surface area contributed by atoms with Crippen LogP contribution in [0.2, 0.25) is 0 Å². The molecule has 1 aliphatic heterocycles. The Morgan fingerprint density at radius 2 is 1.64 bits per heavy atom. The van der Waals surface area contributed by atoms with Crippen molar-refractivity contribution in [1.29, 1.82) is 0 Å². The highest BCUT2D eigenvalue weighted by molar-refractivity contribution is 7.48. The molecule has 244 valence electrons. The minimum Gasteiger partial charge on any atom is -0.396 e. The third kappa shape index (κ3) is 10.7. The number of amides is 2. The number of unbranched alkanes of at least 4 members (excludes halogenated alkanes) is 3. The number of fused-ring (bicyclic) bond motifs is 2. The van der Waals surface area contributed by atoms with Crippen molar-refractivity contribution >= 4 is 36.7 Å². The van der Waals surface area contributed by atoms with Crippen molar-refractivity contribution in [3.05, 3.63) is 65.2 Å². The van der Waals surface area contributed by atoms with Crippen molar-refractivity contribution in [2.75, 3.05) is 32.2 Å². The molecule has 1 aliphatic rings. The fraction of sp³-hybridized carbons (Fsp3) is 0.500. The van der Waals surface area contributed by atoms with Gasteiger partial charge < -0.3 is 21.0 Å². The number of hydrogen-bond acceptors (Lipinski definition) is 9. The predicted molar refractivity (Wildman–Crippen MR) is 176 cm³/mol. The summed E-state index contributed by atoms with van der Waals surface area (Å²) >= 11 is 0. The van der Waals surface area contributed by atoms with Gasteiger partial charge in [0.25, 0.3) is 0 Å². The van der Waals surface area contributed by atoms with Crippen LogP contribution in [-0.4, -0.2) is 50.2 Å². The maximum atomic E-state index is 13.5. The number of hydrazine groups is 1. The lowest BCUT2D eigenvalue weighted by Crippen LogP contribution is -2.36. The lowest BCUT2D eigenvalue weighted by Gasteiger charge is -2.32. The Hall–Kier alpha value is -3.21. The van der Waals surface area contributed by atoms with Crippen LogP contribution < -0.4 is 21.8 Å². The molecule has 0 radical (unpaired) electrons. The van der Waals surface area contributed by atoms with Crippen molar-refractivity contribution in [2.45, 2.75) is 78.9 Å². The highest BCUT2D eigenvalue weighted by Gasteiger charge is 2.28. The summed E-state index contributed by atoms with van der Waals surface area (Å²) < 4.78 is 27.7. The van der Waals surface area contributed by atoms with E-state index in [0.717, 1.165) is 36.0 Å². The molecule has 0 bridgehead atoms. The van der Waals surface area contributed by atoms with Gasteiger partial charge in [-0.2, -0.15) is 0 Å². The Kier molecular flexibility index (Phi) is 15.6. The number of nitrogens with two attached hydrogens (primary N) is 2. The fourth-order valence-electron chi connectivity index (χ4n) is 4.77. The summed E-state index contributed by atoms with van der Waals surface area (Å²) in [7, 11) is -0.489. The average Bonchev–Trinajstić information content (AvgIpc) is 3.00. The third-order valence-electron chi connectivity index (χ3n) is 6.77. The lowest BCUT2D eigenvalue weighted by molar-refractivity contribution is -0.125. The summed E-state index contributed by atoms with van der Waals surface area (Å²) in [6.45, 7) is 8.62. The molecule has 0 aliphatic carbocycles. The van der Waals surface area contributed by atoms with Crippen LogP contribution in [-0.2, 0) is 34.3 Å². The van der Waals surface area contributed by atoms with Crippen LogP contribution in [0, 0.1) is 0 Å². The van der Waals surface area contributed by atoms with E-state index in [2.05, 4.69) is 5.32 Å². The van der Waals surface area contributed by atoms with E-state index < -0.39 is 7.82 Å². The van der Waals surface area contributed by atoms with E-state index in [9.17, 15) is 14.2 Å². The number of phosphoric ester groups is 1. The number of nitrogens with zero attached hydrogens (tertiary/aromatic N) is 2. The molecular formula is C32H50N5O6P. The van der Waals surface area contributed by atoms with Gasteiger partial charge in [0, 0.05) is 44.7 Å². The molecule has 12 heteroatoms. The van der Waals surface area contributed by atoms with Crippen LogP contribution in [0.25, 0.3) is 11.4 Å². The van der Waals surface area contributed by atoms with Crippen molar-refractivity contribution in [1.82, 2.24) is 10.3 Å². The van der Waals surface area contributed by atoms with Gasteiger partial charge in [-0.25, -0.2) is 10.4 Å². The first kappa shape index (κ1) is 37.0. The second-order valence-corrected chi connectivity index (χ2v) is 12.1. The Bertz CT molecular complexity index is 1300. The predicted octanol–water partition coefficient (Wildman–Crippen LogP) is 5.80. The van der Waals surface area contributed by atoms with Gasteiger partial charge in [0.1, 0.15) is 0 Å². The number of carbonyl (C=O) groups is 2. The second kappa shape index (κ2) is 18.6. The molecular weight excluding hydrogens is 581 g/mol. The number of rotatable bonds is 15. The standard InChI is InChI=1S/C30H44N5O6P.C2H6/c1-22(2)41-42(38,39-4)40-20-12-6-5-11-19-33-27(36)17-18-28(37)35-21-23-13-7-8-14-24(23)29(31)30(34(3)32)25-15-9-10-16-26(25)35;1-2/h7-10,13-16,22H,5-6,11-12,17-21,31-32H2,1-4H3,(H,33,36);1-2H3/b30-29-;. The molecule has 2 aromatic rings. The number of benzene rings is 2. The molecule has 2 amide bonds. The van der Waals surface area contributed by atoms with Crippen LogP contribution in [0.5, 0.6) is 0 Å². The monoisotopic (exact) mass is 631 g/mol. The highest BCUT2D eigenvalue weighted by atomic mass is 31.2. The number of anilines is 1. The number of nitrogens with one attached hydrogen (secondary N) is 1. The van der Waals surface area contributed by atoms with Gasteiger partial charge in [-0.15, -0.1) is 0 Å². The third-order valence-corrected chi connectivity index (χ3v) is 8.39. The van der Waals surface area contributed by atoms with Gasteiger partial charge in [-0.1, -0.05) is 69.2 Å². The Balaban J connectivity index is 0.00000330. The van der Waals surface area contributed by atoms with Crippen molar-refractivity contribution in [3.8, 4) is 0 Å². The Morgan fingerprint density at radius 3 is 2.30 bits per heavy atom. The van der Waals surface area contributed by atoms with Crippen LogP contribution >= 0.6 is 7.82 Å². The molecule has 2 aromatic carbocycles. The van der Waals surface area contributed by atoms with E-state index in [0.29, 0.717) is 36.6 Å². The zero-order chi connectivity index (χ0) is 32.7. The minimum atomic E-state index is -3.51. The molecule has 11 nitrogen and oxygen atoms in total. The van der Waals surface area contributed by atoms with Gasteiger partial charge in [0.2, 0.25) is 11.8 Å². The Labute approximate surface area is 262 Å². The lowest BCUT2D eigenvalue weighted by atomic mass is 9.95. The molecule has 0 saturated heterocycles. The fourth-order valence-corrected chi connectivity index (χ4v) is 5.90. The molecule has 0 aromatic heterocycles. The Morgan fingerprint density at radius 1 is 1.00 bits per heavy atom. The van der Waals surface area contributed by atoms with E-state index in [4.69, 9.17) is 25.1 Å². The van der Waals surface area contributed by atoms with E-state index in [1.54, 1.807) is 25.8 Å². The summed E-state index contributed by atoms with van der Waals surface area (Å²) in [5, 5.41) is 4.37. The van der Waals surface area contributed by atoms with Crippen LogP contribution in [0.4, 0.5) is 5.69 Å². The first-order chi connectivity index (χ1) is 21.1. The normalized spacial score (nSPS) is 15.6. The average molecular weight is 632 g/mol. The number of carbonyl (C=O) groups excluding carboxylic acids is 2. The summed E-state index contributed by atoms with van der Waals surface area (Å²) in [6.07, 6.45) is 3.06. The van der Waals surface area contributed by atoms with Gasteiger partial charge in [-0.05, 0) is 38.3 Å². The SMILES string of the molecule is CC.COP(=O)(OCCCCCCNC(=O)CCC(=O)N1Cc2ccccc2/C(N)=C(/N(C)N)c2ccccc21)OC(C)C. The number of hydrogen-bond donors (Lipinski definition) is 3. The van der Waals surface area contributed by atoms with Crippen LogP contribution in [0.3, 0.4) is 0 Å². The van der Waals surface area contributed by atoms with E-state index >= 15 is 0 Å². The molecule has 0 fully saturated rings. The molecule has 0 saturated carbocycles. The van der Waals surface area contributed by atoms with Gasteiger partial charge in [-0.3, -0.25) is 23.2 Å². The molecule has 1 heterocycles. The first-order valence-electron chi connectivity index (χ1n) is 15.3. The molecule has 3 rings (SSSR count). The molecule has 1 unspecified atom stereocenters. The first-order valence-corrected chi connectivity index (χ1v) is 16.7. The van der Waals surface area contributed by atoms with Crippen molar-refractivity contribution in [3.63, 3.8) is 0 Å². The molecule has 44 heavy (non-hydrogen) atoms. The summed E-state index contributed by atoms with van der Waals surface area (Å²) in [6, 6.07) is 15.2. The molecule has 1 atom stereocenters. The van der Waals surface area contributed by atoms with Crippen molar-refractivity contribution in [2.24, 2.45) is 11.6 Å². The zero-order valence-electron chi connectivity index (χ0n) is 27.0. The van der Waals surface area contributed by atoms with E-state index in [1.165, 1.54) is 12.1 Å². The highest BCUT2D eigenvalue weighted by Crippen LogP contribution is 2.49. The maximum Gasteiger partial charge on any atom is 0.474 e. The molecule has 5 N–H and O–H groups in total. The quantitative estimate of drug-likeness (QED) is 0.0959. The summed E-state index contributed by atoms with van der Waals surface area (Å²) in [5.41, 5.74) is 10.9. The van der Waals surface area contributed by atoms with Gasteiger partial charge in [0.05, 0.1) is 36.3 Å². The minimum absolute atomic E-state index is 0.0602. The smallest absolute Gasteiger partial charge is 0.396 e. The second-order valence-electron chi connectivity index (χ2n) is 10.4. The van der Waals surface area contributed by atoms with Crippen LogP contribution in [0.1, 0.15) is 82.9 Å². The summed E-state index contributed by atoms with van der Waals surface area (Å²) in [5.74, 6) is 5.87.